The first-order valence-electron chi connectivity index (χ1n) is 7.08. The summed E-state index contributed by atoms with van der Waals surface area (Å²) >= 11 is 0. The molecule has 0 aromatic heterocycles. The number of carboxylic acids is 2. The van der Waals surface area contributed by atoms with Crippen LogP contribution in [0.25, 0.3) is 0 Å². The molecular formula is C12H27N5O4. The number of aliphatic carboxylic acids is 2. The second-order valence-electron chi connectivity index (χ2n) is 4.48. The summed E-state index contributed by atoms with van der Waals surface area (Å²) in [4.78, 5) is 21.3. The first kappa shape index (κ1) is 19.7. The third kappa shape index (κ3) is 13.5. The van der Waals surface area contributed by atoms with Crippen LogP contribution < -0.4 is 27.0 Å². The molecule has 0 radical (unpaired) electrons. The molecule has 0 aromatic rings. The zero-order chi connectivity index (χ0) is 15.9. The first-order chi connectivity index (χ1) is 10.1. The van der Waals surface area contributed by atoms with Crippen molar-refractivity contribution < 1.29 is 19.8 Å². The Morgan fingerprint density at radius 3 is 1.76 bits per heavy atom. The van der Waals surface area contributed by atoms with Gasteiger partial charge in [-0.15, -0.1) is 0 Å². The number of rotatable bonds is 15. The van der Waals surface area contributed by atoms with Gasteiger partial charge in [0.1, 0.15) is 6.04 Å². The topological polar surface area (TPSA) is 149 Å². The molecule has 124 valence electrons. The van der Waals surface area contributed by atoms with Gasteiger partial charge in [0.15, 0.2) is 0 Å². The predicted octanol–water partition coefficient (Wildman–Crippen LogP) is -2.77. The van der Waals surface area contributed by atoms with E-state index in [1.807, 2.05) is 0 Å². The third-order valence-corrected chi connectivity index (χ3v) is 2.65. The summed E-state index contributed by atoms with van der Waals surface area (Å²) in [5, 5.41) is 29.6. The second kappa shape index (κ2) is 13.7. The largest absolute Gasteiger partial charge is 0.481 e. The van der Waals surface area contributed by atoms with Crippen molar-refractivity contribution in [3.8, 4) is 0 Å². The van der Waals surface area contributed by atoms with Crippen LogP contribution in [0.5, 0.6) is 0 Å². The molecule has 0 unspecified atom stereocenters. The summed E-state index contributed by atoms with van der Waals surface area (Å²) in [6.07, 6.45) is -0.424. The van der Waals surface area contributed by atoms with Gasteiger partial charge in [-0.1, -0.05) is 0 Å². The molecule has 0 fully saturated rings. The maximum atomic E-state index is 10.8. The normalized spacial score (nSPS) is 12.2. The Labute approximate surface area is 124 Å². The maximum Gasteiger partial charge on any atom is 0.321 e. The first-order valence-corrected chi connectivity index (χ1v) is 7.08. The molecule has 1 atom stereocenters. The van der Waals surface area contributed by atoms with Gasteiger partial charge in [0, 0.05) is 52.4 Å². The molecule has 0 spiro atoms. The molecule has 8 N–H and O–H groups in total. The molecule has 0 aromatic carbocycles. The van der Waals surface area contributed by atoms with Gasteiger partial charge in [0.05, 0.1) is 6.42 Å². The fourth-order valence-corrected chi connectivity index (χ4v) is 1.59. The average molecular weight is 305 g/mol. The molecule has 0 heterocycles. The summed E-state index contributed by atoms with van der Waals surface area (Å²) in [6, 6.07) is -1.05. The molecule has 0 amide bonds. The van der Waals surface area contributed by atoms with Crippen molar-refractivity contribution in [3.05, 3.63) is 0 Å². The van der Waals surface area contributed by atoms with Crippen molar-refractivity contribution in [2.24, 2.45) is 5.73 Å². The lowest BCUT2D eigenvalue weighted by molar-refractivity contribution is -0.145. The Kier molecular flexibility index (Phi) is 12.9. The van der Waals surface area contributed by atoms with Crippen LogP contribution in [0.1, 0.15) is 6.42 Å². The molecule has 21 heavy (non-hydrogen) atoms. The minimum atomic E-state index is -1.15. The summed E-state index contributed by atoms with van der Waals surface area (Å²) < 4.78 is 0. The monoisotopic (exact) mass is 305 g/mol. The van der Waals surface area contributed by atoms with Crippen molar-refractivity contribution in [1.29, 1.82) is 0 Å². The summed E-state index contributed by atoms with van der Waals surface area (Å²) in [7, 11) is 0. The number of carboxylic acid groups (broad SMARTS) is 2. The fourth-order valence-electron chi connectivity index (χ4n) is 1.59. The third-order valence-electron chi connectivity index (χ3n) is 2.65. The quantitative estimate of drug-likeness (QED) is 0.160. The Hall–Kier alpha value is -1.26. The summed E-state index contributed by atoms with van der Waals surface area (Å²) in [5.41, 5.74) is 5.34. The lowest BCUT2D eigenvalue weighted by Gasteiger charge is -2.12. The van der Waals surface area contributed by atoms with Crippen molar-refractivity contribution in [2.45, 2.75) is 12.5 Å². The molecule has 0 saturated carbocycles. The van der Waals surface area contributed by atoms with Crippen LogP contribution in [-0.4, -0.2) is 80.6 Å². The molecule has 9 heteroatoms. The van der Waals surface area contributed by atoms with Crippen molar-refractivity contribution in [1.82, 2.24) is 21.3 Å². The van der Waals surface area contributed by atoms with Crippen LogP contribution in [-0.2, 0) is 9.59 Å². The highest BCUT2D eigenvalue weighted by molar-refractivity contribution is 5.80. The minimum Gasteiger partial charge on any atom is -0.481 e. The zero-order valence-electron chi connectivity index (χ0n) is 12.2. The Balaban J connectivity index is 3.38. The smallest absolute Gasteiger partial charge is 0.321 e. The summed E-state index contributed by atoms with van der Waals surface area (Å²) in [5.74, 6) is -2.28. The molecule has 0 aliphatic rings. The van der Waals surface area contributed by atoms with Gasteiger partial charge in [-0.25, -0.2) is 0 Å². The highest BCUT2D eigenvalue weighted by Crippen LogP contribution is 1.91. The van der Waals surface area contributed by atoms with Crippen molar-refractivity contribution in [3.63, 3.8) is 0 Å². The van der Waals surface area contributed by atoms with Crippen LogP contribution in [0.3, 0.4) is 0 Å². The number of hydrogen-bond donors (Lipinski definition) is 7. The van der Waals surface area contributed by atoms with Gasteiger partial charge < -0.3 is 37.2 Å². The van der Waals surface area contributed by atoms with E-state index in [1.54, 1.807) is 0 Å². The van der Waals surface area contributed by atoms with E-state index in [2.05, 4.69) is 21.3 Å². The van der Waals surface area contributed by atoms with Crippen molar-refractivity contribution >= 4 is 11.9 Å². The summed E-state index contributed by atoms with van der Waals surface area (Å²) in [6.45, 7) is 5.73. The molecule has 0 aliphatic heterocycles. The van der Waals surface area contributed by atoms with Crippen LogP contribution in [0.15, 0.2) is 0 Å². The number of hydrogen-bond acceptors (Lipinski definition) is 7. The van der Waals surface area contributed by atoms with Crippen LogP contribution in [0.4, 0.5) is 0 Å². The van der Waals surface area contributed by atoms with E-state index in [9.17, 15) is 9.59 Å². The van der Waals surface area contributed by atoms with Gasteiger partial charge in [0.2, 0.25) is 0 Å². The van der Waals surface area contributed by atoms with Crippen LogP contribution >= 0.6 is 0 Å². The minimum absolute atomic E-state index is 0.405. The average Bonchev–Trinajstić information content (AvgIpc) is 2.42. The van der Waals surface area contributed by atoms with E-state index in [-0.39, 0.29) is 0 Å². The zero-order valence-corrected chi connectivity index (χ0v) is 12.2. The predicted molar refractivity (Wildman–Crippen MR) is 79.3 cm³/mol. The molecular weight excluding hydrogens is 278 g/mol. The molecule has 0 aliphatic carbocycles. The number of nitrogens with one attached hydrogen (secondary N) is 4. The van der Waals surface area contributed by atoms with E-state index in [0.717, 1.165) is 32.7 Å². The highest BCUT2D eigenvalue weighted by atomic mass is 16.4. The van der Waals surface area contributed by atoms with Gasteiger partial charge in [-0.3, -0.25) is 9.59 Å². The van der Waals surface area contributed by atoms with Gasteiger partial charge >= 0.3 is 11.9 Å². The van der Waals surface area contributed by atoms with Crippen molar-refractivity contribution in [2.75, 3.05) is 52.4 Å². The Morgan fingerprint density at radius 2 is 1.33 bits per heavy atom. The highest BCUT2D eigenvalue weighted by Gasteiger charge is 2.19. The van der Waals surface area contributed by atoms with Crippen LogP contribution in [0.2, 0.25) is 0 Å². The Morgan fingerprint density at radius 1 is 0.857 bits per heavy atom. The Bertz CT molecular complexity index is 291. The standard InChI is InChI=1S/C12H27N5O4/c13-1-2-14-3-4-15-5-6-16-7-8-17-10(12(20)21)9-11(18)19/h10,14-17H,1-9,13H2,(H,18,19)(H,20,21)/t10-/m0/s1. The molecule has 0 bridgehead atoms. The van der Waals surface area contributed by atoms with Gasteiger partial charge in [-0.2, -0.15) is 0 Å². The molecule has 0 rings (SSSR count). The van der Waals surface area contributed by atoms with Gasteiger partial charge in [-0.05, 0) is 0 Å². The van der Waals surface area contributed by atoms with E-state index in [0.29, 0.717) is 19.6 Å². The molecule has 9 nitrogen and oxygen atoms in total. The lowest BCUT2D eigenvalue weighted by atomic mass is 10.2. The fraction of sp³-hybridized carbons (Fsp3) is 0.833. The lowest BCUT2D eigenvalue weighted by Crippen LogP contribution is -2.42. The van der Waals surface area contributed by atoms with E-state index < -0.39 is 24.4 Å². The van der Waals surface area contributed by atoms with E-state index in [4.69, 9.17) is 15.9 Å². The maximum absolute atomic E-state index is 10.8. The SMILES string of the molecule is NCCNCCNCCNCCN[C@@H](CC(=O)O)C(=O)O. The molecule has 0 saturated heterocycles. The number of carbonyl (C=O) groups is 2. The van der Waals surface area contributed by atoms with E-state index in [1.165, 1.54) is 0 Å². The van der Waals surface area contributed by atoms with Gasteiger partial charge in [0.25, 0.3) is 0 Å². The number of nitrogens with two attached hydrogens (primary N) is 1. The second-order valence-corrected chi connectivity index (χ2v) is 4.48. The van der Waals surface area contributed by atoms with Crippen LogP contribution in [0, 0.1) is 0 Å². The van der Waals surface area contributed by atoms with E-state index >= 15 is 0 Å².